The van der Waals surface area contributed by atoms with Crippen molar-refractivity contribution in [2.24, 2.45) is 5.92 Å². The zero-order chi connectivity index (χ0) is 15.5. The van der Waals surface area contributed by atoms with Gasteiger partial charge in [0.2, 0.25) is 11.9 Å². The maximum absolute atomic E-state index is 12.2. The second-order valence-corrected chi connectivity index (χ2v) is 5.01. The molecule has 8 heteroatoms. The third-order valence-corrected chi connectivity index (χ3v) is 3.45. The molecule has 1 N–H and O–H groups in total. The first-order valence-electron chi connectivity index (χ1n) is 6.74. The van der Waals surface area contributed by atoms with Crippen LogP contribution >= 0.6 is 0 Å². The number of hydrogen-bond donors (Lipinski definition) is 1. The topological polar surface area (TPSA) is 58.1 Å². The molecule has 2 heterocycles. The number of nitrogens with one attached hydrogen (secondary N) is 1. The first-order valence-corrected chi connectivity index (χ1v) is 6.74. The van der Waals surface area contributed by atoms with Crippen molar-refractivity contribution < 1.29 is 18.0 Å². The summed E-state index contributed by atoms with van der Waals surface area (Å²) < 4.78 is 36.7. The van der Waals surface area contributed by atoms with E-state index in [-0.39, 0.29) is 18.2 Å². The summed E-state index contributed by atoms with van der Waals surface area (Å²) in [5, 5.41) is 2.60. The van der Waals surface area contributed by atoms with E-state index in [0.29, 0.717) is 31.2 Å². The minimum Gasteiger partial charge on any atom is -0.359 e. The summed E-state index contributed by atoms with van der Waals surface area (Å²) in [6.45, 7) is 1.11. The Bertz CT molecular complexity index is 506. The fourth-order valence-corrected chi connectivity index (χ4v) is 2.31. The number of amides is 1. The van der Waals surface area contributed by atoms with Crippen molar-refractivity contribution in [2.45, 2.75) is 25.4 Å². The molecule has 1 fully saturated rings. The Morgan fingerprint density at radius 3 is 2.95 bits per heavy atom. The summed E-state index contributed by atoms with van der Waals surface area (Å²) in [4.78, 5) is 21.6. The molecule has 1 aromatic rings. The Kier molecular flexibility index (Phi) is 4.64. The lowest BCUT2D eigenvalue weighted by Crippen LogP contribution is -2.30. The van der Waals surface area contributed by atoms with Gasteiger partial charge in [-0.15, -0.1) is 0 Å². The van der Waals surface area contributed by atoms with Gasteiger partial charge in [0.05, 0.1) is 5.92 Å². The molecular formula is C13H17F3N4O. The third kappa shape index (κ3) is 4.30. The molecule has 1 amide bonds. The van der Waals surface area contributed by atoms with Crippen molar-refractivity contribution in [3.8, 4) is 0 Å². The summed E-state index contributed by atoms with van der Waals surface area (Å²) in [5.74, 6) is 0.226. The summed E-state index contributed by atoms with van der Waals surface area (Å²) >= 11 is 0. The van der Waals surface area contributed by atoms with Crippen LogP contribution in [0.25, 0.3) is 0 Å². The minimum absolute atomic E-state index is 0.0364. The Balaban J connectivity index is 2.00. The van der Waals surface area contributed by atoms with Gasteiger partial charge in [-0.1, -0.05) is 0 Å². The Morgan fingerprint density at radius 2 is 2.29 bits per heavy atom. The smallest absolute Gasteiger partial charge is 0.359 e. The predicted octanol–water partition coefficient (Wildman–Crippen LogP) is 1.54. The Morgan fingerprint density at radius 1 is 1.52 bits per heavy atom. The molecular weight excluding hydrogens is 285 g/mol. The van der Waals surface area contributed by atoms with Gasteiger partial charge in [0, 0.05) is 38.4 Å². The highest BCUT2D eigenvalue weighted by molar-refractivity contribution is 5.79. The number of rotatable bonds is 4. The lowest BCUT2D eigenvalue weighted by atomic mass is 10.1. The van der Waals surface area contributed by atoms with Gasteiger partial charge in [-0.3, -0.25) is 4.79 Å². The number of anilines is 1. The molecule has 0 radical (unpaired) electrons. The van der Waals surface area contributed by atoms with Crippen molar-refractivity contribution in [3.63, 3.8) is 0 Å². The van der Waals surface area contributed by atoms with Crippen LogP contribution in [-0.4, -0.2) is 42.2 Å². The minimum atomic E-state index is -4.19. The van der Waals surface area contributed by atoms with Crippen molar-refractivity contribution in [3.05, 3.63) is 18.0 Å². The predicted molar refractivity (Wildman–Crippen MR) is 70.8 cm³/mol. The highest BCUT2D eigenvalue weighted by Gasteiger charge is 2.30. The summed E-state index contributed by atoms with van der Waals surface area (Å²) in [6.07, 6.45) is -3.10. The van der Waals surface area contributed by atoms with Gasteiger partial charge in [-0.25, -0.2) is 9.97 Å². The van der Waals surface area contributed by atoms with Gasteiger partial charge < -0.3 is 10.2 Å². The third-order valence-electron chi connectivity index (χ3n) is 3.45. The van der Waals surface area contributed by atoms with Crippen LogP contribution < -0.4 is 10.2 Å². The Hall–Kier alpha value is -1.86. The highest BCUT2D eigenvalue weighted by Crippen LogP contribution is 2.23. The number of carbonyl (C=O) groups excluding carboxylic acids is 1. The van der Waals surface area contributed by atoms with Crippen LogP contribution in [0.5, 0.6) is 0 Å². The number of nitrogens with zero attached hydrogens (tertiary/aromatic N) is 3. The molecule has 0 saturated carbocycles. The molecule has 0 unspecified atom stereocenters. The van der Waals surface area contributed by atoms with Crippen LogP contribution in [0.15, 0.2) is 12.3 Å². The van der Waals surface area contributed by atoms with E-state index in [1.807, 2.05) is 4.90 Å². The molecule has 5 nitrogen and oxygen atoms in total. The molecule has 0 bridgehead atoms. The summed E-state index contributed by atoms with van der Waals surface area (Å²) in [6, 6.07) is 1.49. The molecule has 0 aromatic carbocycles. The SMILES string of the molecule is CNC(=O)[C@H]1CCN(c2nccc(CCC(F)(F)F)n2)C1. The van der Waals surface area contributed by atoms with Gasteiger partial charge >= 0.3 is 6.18 Å². The lowest BCUT2D eigenvalue weighted by molar-refractivity contribution is -0.134. The average Bonchev–Trinajstić information content (AvgIpc) is 2.94. The van der Waals surface area contributed by atoms with Gasteiger partial charge in [0.1, 0.15) is 0 Å². The van der Waals surface area contributed by atoms with Gasteiger partial charge in [-0.05, 0) is 18.9 Å². The van der Waals surface area contributed by atoms with E-state index >= 15 is 0 Å². The molecule has 21 heavy (non-hydrogen) atoms. The van der Waals surface area contributed by atoms with E-state index in [9.17, 15) is 18.0 Å². The van der Waals surface area contributed by atoms with Crippen LogP contribution in [0.3, 0.4) is 0 Å². The van der Waals surface area contributed by atoms with E-state index in [0.717, 1.165) is 0 Å². The number of aromatic nitrogens is 2. The number of alkyl halides is 3. The van der Waals surface area contributed by atoms with E-state index < -0.39 is 12.6 Å². The number of halogens is 3. The van der Waals surface area contributed by atoms with Gasteiger partial charge in [0.15, 0.2) is 0 Å². The van der Waals surface area contributed by atoms with Crippen LogP contribution in [0.1, 0.15) is 18.5 Å². The summed E-state index contributed by atoms with van der Waals surface area (Å²) in [7, 11) is 1.58. The lowest BCUT2D eigenvalue weighted by Gasteiger charge is -2.16. The number of aryl methyl sites for hydroxylation is 1. The van der Waals surface area contributed by atoms with E-state index in [1.54, 1.807) is 7.05 Å². The maximum atomic E-state index is 12.2. The quantitative estimate of drug-likeness (QED) is 0.916. The first kappa shape index (κ1) is 15.5. The van der Waals surface area contributed by atoms with Crippen molar-refractivity contribution >= 4 is 11.9 Å². The maximum Gasteiger partial charge on any atom is 0.389 e. The van der Waals surface area contributed by atoms with Crippen molar-refractivity contribution in [1.82, 2.24) is 15.3 Å². The fourth-order valence-electron chi connectivity index (χ4n) is 2.31. The molecule has 1 atom stereocenters. The fraction of sp³-hybridized carbons (Fsp3) is 0.615. The molecule has 116 valence electrons. The monoisotopic (exact) mass is 302 g/mol. The van der Waals surface area contributed by atoms with Crippen LogP contribution in [0.4, 0.5) is 19.1 Å². The van der Waals surface area contributed by atoms with Crippen LogP contribution in [0.2, 0.25) is 0 Å². The summed E-state index contributed by atoms with van der Waals surface area (Å²) in [5.41, 5.74) is 0.362. The molecule has 1 saturated heterocycles. The van der Waals surface area contributed by atoms with E-state index in [1.165, 1.54) is 12.3 Å². The molecule has 1 aliphatic heterocycles. The van der Waals surface area contributed by atoms with Crippen LogP contribution in [-0.2, 0) is 11.2 Å². The van der Waals surface area contributed by atoms with Gasteiger partial charge in [0.25, 0.3) is 0 Å². The number of hydrogen-bond acceptors (Lipinski definition) is 4. The number of carbonyl (C=O) groups is 1. The van der Waals surface area contributed by atoms with Crippen molar-refractivity contribution in [2.75, 3.05) is 25.0 Å². The first-order chi connectivity index (χ1) is 9.89. The largest absolute Gasteiger partial charge is 0.389 e. The molecule has 0 spiro atoms. The second kappa shape index (κ2) is 6.28. The zero-order valence-electron chi connectivity index (χ0n) is 11.7. The molecule has 1 aromatic heterocycles. The second-order valence-electron chi connectivity index (χ2n) is 5.01. The van der Waals surface area contributed by atoms with Gasteiger partial charge in [-0.2, -0.15) is 13.2 Å². The van der Waals surface area contributed by atoms with Crippen molar-refractivity contribution in [1.29, 1.82) is 0 Å². The molecule has 0 aliphatic carbocycles. The van der Waals surface area contributed by atoms with Crippen LogP contribution in [0, 0.1) is 5.92 Å². The van der Waals surface area contributed by atoms with E-state index in [4.69, 9.17) is 0 Å². The molecule has 2 rings (SSSR count). The average molecular weight is 302 g/mol. The van der Waals surface area contributed by atoms with E-state index in [2.05, 4.69) is 15.3 Å². The normalized spacial score (nSPS) is 18.9. The highest BCUT2D eigenvalue weighted by atomic mass is 19.4. The Labute approximate surface area is 120 Å². The zero-order valence-corrected chi connectivity index (χ0v) is 11.7. The molecule has 1 aliphatic rings. The standard InChI is InChI=1S/C13H17F3N4O/c1-17-11(21)9-4-7-20(8-9)12-18-6-3-10(19-12)2-5-13(14,15)16/h3,6,9H,2,4-5,7-8H2,1H3,(H,17,21)/t9-/m0/s1.